The molecule has 1 unspecified atom stereocenters. The van der Waals surface area contributed by atoms with E-state index in [0.717, 1.165) is 12.1 Å². The van der Waals surface area contributed by atoms with Crippen LogP contribution < -0.4 is 11.1 Å². The minimum Gasteiger partial charge on any atom is -0.472 e. The Morgan fingerprint density at radius 1 is 1.65 bits per heavy atom. The van der Waals surface area contributed by atoms with E-state index in [9.17, 15) is 4.79 Å². The Morgan fingerprint density at radius 2 is 2.41 bits per heavy atom. The normalized spacial score (nSPS) is 12.7. The highest BCUT2D eigenvalue weighted by molar-refractivity contribution is 5.76. The highest BCUT2D eigenvalue weighted by atomic mass is 16.3. The highest BCUT2D eigenvalue weighted by Crippen LogP contribution is 2.08. The van der Waals surface area contributed by atoms with Crippen molar-refractivity contribution >= 4 is 5.91 Å². The van der Waals surface area contributed by atoms with Gasteiger partial charge >= 0.3 is 0 Å². The monoisotopic (exact) mass is 239 g/mol. The van der Waals surface area contributed by atoms with E-state index in [0.29, 0.717) is 19.5 Å². The molecule has 1 aromatic rings. The quantitative estimate of drug-likeness (QED) is 0.729. The number of hydrogen-bond acceptors (Lipinski definition) is 4. The highest BCUT2D eigenvalue weighted by Gasteiger charge is 2.17. The molecule has 0 spiro atoms. The van der Waals surface area contributed by atoms with Crippen LogP contribution in [0.25, 0.3) is 0 Å². The van der Waals surface area contributed by atoms with Crippen molar-refractivity contribution < 1.29 is 9.21 Å². The van der Waals surface area contributed by atoms with E-state index in [1.54, 1.807) is 12.5 Å². The molecule has 17 heavy (non-hydrogen) atoms. The van der Waals surface area contributed by atoms with Gasteiger partial charge in [-0.25, -0.2) is 0 Å². The van der Waals surface area contributed by atoms with Crippen LogP contribution in [0.4, 0.5) is 0 Å². The fourth-order valence-corrected chi connectivity index (χ4v) is 1.70. The molecule has 96 valence electrons. The molecule has 0 saturated carbocycles. The second-order valence-corrected chi connectivity index (χ2v) is 4.09. The number of rotatable bonds is 7. The van der Waals surface area contributed by atoms with Gasteiger partial charge in [0.1, 0.15) is 0 Å². The molecule has 1 heterocycles. The molecule has 5 heteroatoms. The molecule has 0 aliphatic heterocycles. The lowest BCUT2D eigenvalue weighted by molar-refractivity contribution is -0.122. The third-order valence-electron chi connectivity index (χ3n) is 2.70. The second kappa shape index (κ2) is 7.09. The van der Waals surface area contributed by atoms with Crippen molar-refractivity contribution in [2.24, 2.45) is 5.73 Å². The van der Waals surface area contributed by atoms with Crippen LogP contribution in [0.1, 0.15) is 18.9 Å². The number of carbonyl (C=O) groups is 1. The Balaban J connectivity index is 2.46. The van der Waals surface area contributed by atoms with E-state index in [2.05, 4.69) is 10.2 Å². The van der Waals surface area contributed by atoms with Crippen LogP contribution in [0, 0.1) is 0 Å². The summed E-state index contributed by atoms with van der Waals surface area (Å²) in [4.78, 5) is 13.6. The summed E-state index contributed by atoms with van der Waals surface area (Å²) in [5.74, 6) is 0.0435. The summed E-state index contributed by atoms with van der Waals surface area (Å²) >= 11 is 0. The van der Waals surface area contributed by atoms with Gasteiger partial charge < -0.3 is 15.5 Å². The van der Waals surface area contributed by atoms with Gasteiger partial charge in [0, 0.05) is 37.7 Å². The van der Waals surface area contributed by atoms with Crippen molar-refractivity contribution in [3.8, 4) is 0 Å². The Kier molecular flexibility index (Phi) is 5.72. The molecule has 0 aliphatic rings. The van der Waals surface area contributed by atoms with Gasteiger partial charge in [-0.2, -0.15) is 0 Å². The summed E-state index contributed by atoms with van der Waals surface area (Å²) in [5.41, 5.74) is 6.79. The zero-order valence-corrected chi connectivity index (χ0v) is 10.5. The van der Waals surface area contributed by atoms with Crippen LogP contribution >= 0.6 is 0 Å². The molecule has 0 fully saturated rings. The number of hydrogen-bond donors (Lipinski definition) is 2. The minimum absolute atomic E-state index is 0.0435. The fraction of sp³-hybridized carbons (Fsp3) is 0.583. The summed E-state index contributed by atoms with van der Waals surface area (Å²) in [6.07, 6.45) is 3.78. The van der Waals surface area contributed by atoms with Gasteiger partial charge in [-0.3, -0.25) is 9.69 Å². The summed E-state index contributed by atoms with van der Waals surface area (Å²) < 4.78 is 5.01. The molecule has 0 aromatic carbocycles. The number of nitrogens with two attached hydrogens (primary N) is 1. The van der Waals surface area contributed by atoms with Crippen molar-refractivity contribution in [2.45, 2.75) is 25.9 Å². The number of carbonyl (C=O) groups excluding carboxylic acids is 1. The molecule has 1 rings (SSSR count). The molecular formula is C12H21N3O2. The first-order valence-electron chi connectivity index (χ1n) is 5.85. The standard InChI is InChI=1S/C12H21N3O2/c1-3-14-12(16)6-11(7-13)15(2)8-10-4-5-17-9-10/h4-5,9,11H,3,6-8,13H2,1-2H3,(H,14,16). The first-order valence-corrected chi connectivity index (χ1v) is 5.85. The van der Waals surface area contributed by atoms with Crippen LogP contribution in [0.15, 0.2) is 23.0 Å². The Labute approximate surface area is 102 Å². The lowest BCUT2D eigenvalue weighted by Crippen LogP contribution is -2.41. The predicted octanol–water partition coefficient (Wildman–Crippen LogP) is 0.565. The summed E-state index contributed by atoms with van der Waals surface area (Å²) in [6.45, 7) is 3.76. The van der Waals surface area contributed by atoms with E-state index >= 15 is 0 Å². The van der Waals surface area contributed by atoms with Crippen molar-refractivity contribution in [3.05, 3.63) is 24.2 Å². The topological polar surface area (TPSA) is 71.5 Å². The summed E-state index contributed by atoms with van der Waals surface area (Å²) in [7, 11) is 1.96. The van der Waals surface area contributed by atoms with Gasteiger partial charge in [0.25, 0.3) is 0 Å². The van der Waals surface area contributed by atoms with Crippen molar-refractivity contribution in [2.75, 3.05) is 20.1 Å². The van der Waals surface area contributed by atoms with Crippen LogP contribution in [0.5, 0.6) is 0 Å². The number of nitrogens with zero attached hydrogens (tertiary/aromatic N) is 1. The van der Waals surface area contributed by atoms with Gasteiger partial charge in [0.2, 0.25) is 5.91 Å². The summed E-state index contributed by atoms with van der Waals surface area (Å²) in [5, 5.41) is 2.78. The van der Waals surface area contributed by atoms with Crippen molar-refractivity contribution in [3.63, 3.8) is 0 Å². The van der Waals surface area contributed by atoms with Gasteiger partial charge in [0.05, 0.1) is 12.5 Å². The fourth-order valence-electron chi connectivity index (χ4n) is 1.70. The average Bonchev–Trinajstić information content (AvgIpc) is 2.78. The molecule has 1 aromatic heterocycles. The zero-order chi connectivity index (χ0) is 12.7. The Morgan fingerprint density at radius 3 is 2.94 bits per heavy atom. The number of furan rings is 1. The number of amides is 1. The SMILES string of the molecule is CCNC(=O)CC(CN)N(C)Cc1ccoc1. The van der Waals surface area contributed by atoms with Gasteiger partial charge in [-0.1, -0.05) is 0 Å². The average molecular weight is 239 g/mol. The van der Waals surface area contributed by atoms with E-state index in [-0.39, 0.29) is 11.9 Å². The Hall–Kier alpha value is -1.33. The smallest absolute Gasteiger partial charge is 0.221 e. The maximum absolute atomic E-state index is 11.5. The van der Waals surface area contributed by atoms with E-state index in [1.807, 2.05) is 20.0 Å². The molecule has 0 radical (unpaired) electrons. The number of likely N-dealkylation sites (N-methyl/N-ethyl adjacent to an activating group) is 1. The molecule has 3 N–H and O–H groups in total. The zero-order valence-electron chi connectivity index (χ0n) is 10.5. The molecule has 1 amide bonds. The molecule has 0 saturated heterocycles. The lowest BCUT2D eigenvalue weighted by atomic mass is 10.1. The van der Waals surface area contributed by atoms with Crippen LogP contribution in [0.2, 0.25) is 0 Å². The van der Waals surface area contributed by atoms with Gasteiger partial charge in [0.15, 0.2) is 0 Å². The molecule has 0 bridgehead atoms. The maximum atomic E-state index is 11.5. The predicted molar refractivity (Wildman–Crippen MR) is 66.3 cm³/mol. The number of nitrogens with one attached hydrogen (secondary N) is 1. The summed E-state index contributed by atoms with van der Waals surface area (Å²) in [6, 6.07) is 1.97. The van der Waals surface area contributed by atoms with Crippen molar-refractivity contribution in [1.29, 1.82) is 0 Å². The van der Waals surface area contributed by atoms with Crippen molar-refractivity contribution in [1.82, 2.24) is 10.2 Å². The van der Waals surface area contributed by atoms with Crippen LogP contribution in [-0.2, 0) is 11.3 Å². The minimum atomic E-state index is 0.0435. The third kappa shape index (κ3) is 4.58. The first-order chi connectivity index (χ1) is 8.17. The third-order valence-corrected chi connectivity index (χ3v) is 2.70. The molecule has 0 aliphatic carbocycles. The molecule has 1 atom stereocenters. The van der Waals surface area contributed by atoms with Crippen LogP contribution in [0.3, 0.4) is 0 Å². The second-order valence-electron chi connectivity index (χ2n) is 4.09. The lowest BCUT2D eigenvalue weighted by Gasteiger charge is -2.25. The van der Waals surface area contributed by atoms with Crippen LogP contribution in [-0.4, -0.2) is 37.0 Å². The van der Waals surface area contributed by atoms with Gasteiger partial charge in [-0.15, -0.1) is 0 Å². The Bertz CT molecular complexity index is 325. The maximum Gasteiger partial charge on any atom is 0.221 e. The largest absolute Gasteiger partial charge is 0.472 e. The molecule has 5 nitrogen and oxygen atoms in total. The van der Waals surface area contributed by atoms with E-state index in [1.165, 1.54) is 0 Å². The van der Waals surface area contributed by atoms with Gasteiger partial charge in [-0.05, 0) is 20.0 Å². The van der Waals surface area contributed by atoms with E-state index in [4.69, 9.17) is 10.2 Å². The first kappa shape index (κ1) is 13.7. The van der Waals surface area contributed by atoms with E-state index < -0.39 is 0 Å². The molecular weight excluding hydrogens is 218 g/mol.